The Hall–Kier alpha value is -1.09. The predicted molar refractivity (Wildman–Crippen MR) is 57.4 cm³/mol. The molecule has 0 spiro atoms. The first-order chi connectivity index (χ1) is 6.84. The van der Waals surface area contributed by atoms with Crippen LogP contribution in [0.1, 0.15) is 19.3 Å². The van der Waals surface area contributed by atoms with Crippen molar-refractivity contribution in [2.24, 2.45) is 0 Å². The van der Waals surface area contributed by atoms with Gasteiger partial charge in [0, 0.05) is 12.2 Å². The fourth-order valence-electron chi connectivity index (χ4n) is 1.55. The van der Waals surface area contributed by atoms with E-state index < -0.39 is 0 Å². The van der Waals surface area contributed by atoms with Gasteiger partial charge in [-0.1, -0.05) is 12.2 Å². The van der Waals surface area contributed by atoms with Crippen molar-refractivity contribution < 1.29 is 0 Å². The molecule has 0 saturated heterocycles. The molecule has 1 unspecified atom stereocenters. The summed E-state index contributed by atoms with van der Waals surface area (Å²) in [5.41, 5.74) is 0. The number of allylic oxidation sites excluding steroid dienone is 1. The van der Waals surface area contributed by atoms with Gasteiger partial charge in [0.25, 0.3) is 0 Å². The number of rotatable bonds is 2. The summed E-state index contributed by atoms with van der Waals surface area (Å²) in [5, 5.41) is 3.63. The van der Waals surface area contributed by atoms with Crippen LogP contribution >= 0.6 is 11.6 Å². The number of nitrogens with zero attached hydrogens (tertiary/aromatic N) is 2. The molecule has 1 aromatic heterocycles. The molecule has 2 rings (SSSR count). The average Bonchev–Trinajstić information content (AvgIpc) is 2.19. The SMILES string of the molecule is Clc1nccc(NC2CC=CCC2)n1. The fraction of sp³-hybridized carbons (Fsp3) is 0.400. The van der Waals surface area contributed by atoms with E-state index in [-0.39, 0.29) is 0 Å². The number of hydrogen-bond acceptors (Lipinski definition) is 3. The van der Waals surface area contributed by atoms with E-state index in [0.717, 1.165) is 25.1 Å². The maximum atomic E-state index is 5.69. The summed E-state index contributed by atoms with van der Waals surface area (Å²) < 4.78 is 0. The van der Waals surface area contributed by atoms with Gasteiger partial charge in [-0.25, -0.2) is 9.97 Å². The van der Waals surface area contributed by atoms with Crippen molar-refractivity contribution >= 4 is 17.4 Å². The highest BCUT2D eigenvalue weighted by Gasteiger charge is 2.09. The molecule has 1 aliphatic carbocycles. The standard InChI is InChI=1S/C10H12ClN3/c11-10-12-7-6-9(14-10)13-8-4-2-1-3-5-8/h1-2,6-8H,3-5H2,(H,12,13,14). The van der Waals surface area contributed by atoms with E-state index in [0.29, 0.717) is 11.3 Å². The third kappa shape index (κ3) is 2.45. The van der Waals surface area contributed by atoms with Crippen molar-refractivity contribution in [3.8, 4) is 0 Å². The zero-order valence-corrected chi connectivity index (χ0v) is 8.54. The minimum Gasteiger partial charge on any atom is -0.367 e. The van der Waals surface area contributed by atoms with E-state index in [1.165, 1.54) is 0 Å². The van der Waals surface area contributed by atoms with Crippen LogP contribution in [0, 0.1) is 0 Å². The van der Waals surface area contributed by atoms with Crippen LogP contribution in [-0.4, -0.2) is 16.0 Å². The predicted octanol–water partition coefficient (Wildman–Crippen LogP) is 2.65. The molecule has 1 heterocycles. The summed E-state index contributed by atoms with van der Waals surface area (Å²) in [4.78, 5) is 7.92. The second-order valence-corrected chi connectivity index (χ2v) is 3.67. The normalized spacial score (nSPS) is 20.8. The van der Waals surface area contributed by atoms with Crippen molar-refractivity contribution in [1.29, 1.82) is 0 Å². The minimum absolute atomic E-state index is 0.293. The van der Waals surface area contributed by atoms with Crippen LogP contribution in [0.5, 0.6) is 0 Å². The summed E-state index contributed by atoms with van der Waals surface area (Å²) in [6.45, 7) is 0. The number of nitrogens with one attached hydrogen (secondary N) is 1. The molecule has 0 bridgehead atoms. The Labute approximate surface area is 88.2 Å². The molecule has 1 aliphatic rings. The summed E-state index contributed by atoms with van der Waals surface area (Å²) in [7, 11) is 0. The highest BCUT2D eigenvalue weighted by Crippen LogP contribution is 2.16. The lowest BCUT2D eigenvalue weighted by Gasteiger charge is -2.19. The van der Waals surface area contributed by atoms with Crippen molar-refractivity contribution in [2.45, 2.75) is 25.3 Å². The van der Waals surface area contributed by atoms with Gasteiger partial charge in [-0.3, -0.25) is 0 Å². The van der Waals surface area contributed by atoms with Gasteiger partial charge in [0.15, 0.2) is 0 Å². The fourth-order valence-corrected chi connectivity index (χ4v) is 1.70. The Morgan fingerprint density at radius 3 is 3.07 bits per heavy atom. The first-order valence-corrected chi connectivity index (χ1v) is 5.12. The molecule has 0 amide bonds. The first-order valence-electron chi connectivity index (χ1n) is 4.75. The van der Waals surface area contributed by atoms with Crippen LogP contribution in [0.3, 0.4) is 0 Å². The molecular formula is C10H12ClN3. The van der Waals surface area contributed by atoms with Gasteiger partial charge in [-0.15, -0.1) is 0 Å². The van der Waals surface area contributed by atoms with Gasteiger partial charge < -0.3 is 5.32 Å². The number of anilines is 1. The van der Waals surface area contributed by atoms with Crippen molar-refractivity contribution in [3.63, 3.8) is 0 Å². The Kier molecular flexibility index (Phi) is 2.99. The van der Waals surface area contributed by atoms with Crippen LogP contribution in [0.25, 0.3) is 0 Å². The lowest BCUT2D eigenvalue weighted by Crippen LogP contribution is -2.20. The summed E-state index contributed by atoms with van der Waals surface area (Å²) in [6.07, 6.45) is 9.42. The quantitative estimate of drug-likeness (QED) is 0.601. The summed E-state index contributed by atoms with van der Waals surface area (Å²) in [5.74, 6) is 0.810. The minimum atomic E-state index is 0.293. The number of halogens is 1. The third-order valence-electron chi connectivity index (χ3n) is 2.25. The molecule has 1 aromatic rings. The van der Waals surface area contributed by atoms with Crippen LogP contribution < -0.4 is 5.32 Å². The molecule has 0 aliphatic heterocycles. The zero-order valence-electron chi connectivity index (χ0n) is 7.78. The summed E-state index contributed by atoms with van der Waals surface area (Å²) in [6, 6.07) is 2.32. The number of aromatic nitrogens is 2. The lowest BCUT2D eigenvalue weighted by molar-refractivity contribution is 0.642. The highest BCUT2D eigenvalue weighted by atomic mass is 35.5. The van der Waals surface area contributed by atoms with Gasteiger partial charge in [-0.05, 0) is 36.9 Å². The summed E-state index contributed by atoms with van der Waals surface area (Å²) >= 11 is 5.69. The van der Waals surface area contributed by atoms with Crippen LogP contribution in [-0.2, 0) is 0 Å². The average molecular weight is 210 g/mol. The molecule has 4 heteroatoms. The highest BCUT2D eigenvalue weighted by molar-refractivity contribution is 6.28. The topological polar surface area (TPSA) is 37.8 Å². The Morgan fingerprint density at radius 1 is 1.43 bits per heavy atom. The van der Waals surface area contributed by atoms with E-state index in [2.05, 4.69) is 27.4 Å². The molecule has 0 aromatic carbocycles. The Bertz CT molecular complexity index is 338. The van der Waals surface area contributed by atoms with Crippen molar-refractivity contribution in [1.82, 2.24) is 9.97 Å². The van der Waals surface area contributed by atoms with Crippen LogP contribution in [0.15, 0.2) is 24.4 Å². The van der Waals surface area contributed by atoms with Gasteiger partial charge in [-0.2, -0.15) is 0 Å². The van der Waals surface area contributed by atoms with E-state index in [1.54, 1.807) is 6.20 Å². The van der Waals surface area contributed by atoms with Crippen LogP contribution in [0.2, 0.25) is 5.28 Å². The zero-order chi connectivity index (χ0) is 9.80. The van der Waals surface area contributed by atoms with Gasteiger partial charge in [0.2, 0.25) is 5.28 Å². The molecule has 74 valence electrons. The molecule has 1 N–H and O–H groups in total. The molecule has 0 radical (unpaired) electrons. The van der Waals surface area contributed by atoms with Gasteiger partial charge >= 0.3 is 0 Å². The lowest BCUT2D eigenvalue weighted by atomic mass is 10.0. The van der Waals surface area contributed by atoms with E-state index in [9.17, 15) is 0 Å². The molecule has 0 saturated carbocycles. The first kappa shape index (κ1) is 9.46. The molecule has 3 nitrogen and oxygen atoms in total. The largest absolute Gasteiger partial charge is 0.367 e. The maximum absolute atomic E-state index is 5.69. The Balaban J connectivity index is 1.99. The second-order valence-electron chi connectivity index (χ2n) is 3.34. The van der Waals surface area contributed by atoms with Crippen molar-refractivity contribution in [3.05, 3.63) is 29.7 Å². The number of hydrogen-bond donors (Lipinski definition) is 1. The van der Waals surface area contributed by atoms with Crippen molar-refractivity contribution in [2.75, 3.05) is 5.32 Å². The van der Waals surface area contributed by atoms with Gasteiger partial charge in [0.1, 0.15) is 5.82 Å². The molecular weight excluding hydrogens is 198 g/mol. The monoisotopic (exact) mass is 209 g/mol. The van der Waals surface area contributed by atoms with E-state index >= 15 is 0 Å². The smallest absolute Gasteiger partial charge is 0.224 e. The molecule has 14 heavy (non-hydrogen) atoms. The third-order valence-corrected chi connectivity index (χ3v) is 2.43. The van der Waals surface area contributed by atoms with E-state index in [1.807, 2.05) is 6.07 Å². The van der Waals surface area contributed by atoms with Crippen LogP contribution in [0.4, 0.5) is 5.82 Å². The second kappa shape index (κ2) is 4.42. The Morgan fingerprint density at radius 2 is 2.36 bits per heavy atom. The van der Waals surface area contributed by atoms with Gasteiger partial charge in [0.05, 0.1) is 0 Å². The molecule has 1 atom stereocenters. The van der Waals surface area contributed by atoms with E-state index in [4.69, 9.17) is 11.6 Å². The molecule has 0 fully saturated rings. The maximum Gasteiger partial charge on any atom is 0.224 e.